The zero-order valence-corrected chi connectivity index (χ0v) is 11.6. The van der Waals surface area contributed by atoms with E-state index in [1.165, 1.54) is 18.2 Å². The van der Waals surface area contributed by atoms with E-state index in [9.17, 15) is 17.6 Å². The summed E-state index contributed by atoms with van der Waals surface area (Å²) < 4.78 is 36.0. The first-order valence-corrected chi connectivity index (χ1v) is 8.00. The molecule has 1 aromatic carbocycles. The van der Waals surface area contributed by atoms with Crippen molar-refractivity contribution in [1.29, 1.82) is 0 Å². The maximum Gasteiger partial charge on any atom is 0.224 e. The molecule has 1 heterocycles. The highest BCUT2D eigenvalue weighted by Gasteiger charge is 2.29. The number of hydrogen-bond acceptors (Lipinski definition) is 3. The largest absolute Gasteiger partial charge is 0.352 e. The fourth-order valence-electron chi connectivity index (χ4n) is 2.05. The Labute approximate surface area is 115 Å². The molecule has 1 aromatic rings. The predicted molar refractivity (Wildman–Crippen MR) is 70.3 cm³/mol. The first-order chi connectivity index (χ1) is 8.87. The zero-order valence-electron chi connectivity index (χ0n) is 10.0. The molecule has 1 saturated heterocycles. The number of halogens is 2. The number of carbonyl (C=O) groups is 1. The first kappa shape index (κ1) is 14.3. The molecule has 1 amide bonds. The number of hydrogen-bond donors (Lipinski definition) is 1. The number of carbonyl (C=O) groups excluding carboxylic acids is 1. The normalized spacial score (nSPS) is 21.3. The summed E-state index contributed by atoms with van der Waals surface area (Å²) in [4.78, 5) is 11.8. The minimum atomic E-state index is -3.05. The second-order valence-electron chi connectivity index (χ2n) is 4.54. The standard InChI is InChI=1S/C12H13ClFNO3S/c13-10-2-1-3-11(14)9(10)6-12(16)15-8-4-5-19(17,18)7-8/h1-3,8H,4-7H2,(H,15,16)/t8-/m1/s1. The highest BCUT2D eigenvalue weighted by molar-refractivity contribution is 7.91. The molecule has 2 rings (SSSR count). The smallest absolute Gasteiger partial charge is 0.224 e. The number of sulfone groups is 1. The van der Waals surface area contributed by atoms with Crippen molar-refractivity contribution < 1.29 is 17.6 Å². The summed E-state index contributed by atoms with van der Waals surface area (Å²) in [6.07, 6.45) is 0.209. The van der Waals surface area contributed by atoms with Crippen LogP contribution in [-0.4, -0.2) is 31.9 Å². The van der Waals surface area contributed by atoms with E-state index in [4.69, 9.17) is 11.6 Å². The third-order valence-electron chi connectivity index (χ3n) is 3.00. The van der Waals surface area contributed by atoms with Gasteiger partial charge in [-0.3, -0.25) is 4.79 Å². The first-order valence-electron chi connectivity index (χ1n) is 5.80. The van der Waals surface area contributed by atoms with Gasteiger partial charge in [0.05, 0.1) is 17.9 Å². The van der Waals surface area contributed by atoms with Crippen LogP contribution in [0.5, 0.6) is 0 Å². The van der Waals surface area contributed by atoms with Crippen LogP contribution < -0.4 is 5.32 Å². The Morgan fingerprint density at radius 1 is 1.47 bits per heavy atom. The van der Waals surface area contributed by atoms with Crippen LogP contribution in [0.15, 0.2) is 18.2 Å². The molecule has 1 fully saturated rings. The van der Waals surface area contributed by atoms with Crippen molar-refractivity contribution in [2.75, 3.05) is 11.5 Å². The molecule has 7 heteroatoms. The Morgan fingerprint density at radius 3 is 2.79 bits per heavy atom. The van der Waals surface area contributed by atoms with E-state index in [2.05, 4.69) is 5.32 Å². The monoisotopic (exact) mass is 305 g/mol. The maximum absolute atomic E-state index is 13.5. The molecule has 0 radical (unpaired) electrons. The van der Waals surface area contributed by atoms with Gasteiger partial charge in [0.15, 0.2) is 9.84 Å². The molecule has 4 nitrogen and oxygen atoms in total. The van der Waals surface area contributed by atoms with Crippen molar-refractivity contribution in [3.8, 4) is 0 Å². The summed E-state index contributed by atoms with van der Waals surface area (Å²) in [7, 11) is -3.05. The van der Waals surface area contributed by atoms with Crippen molar-refractivity contribution in [1.82, 2.24) is 5.32 Å². The zero-order chi connectivity index (χ0) is 14.0. The molecule has 0 unspecified atom stereocenters. The SMILES string of the molecule is O=C(Cc1c(F)cccc1Cl)N[C@@H]1CCS(=O)(=O)C1. The van der Waals surface area contributed by atoms with Crippen molar-refractivity contribution in [2.45, 2.75) is 18.9 Å². The van der Waals surface area contributed by atoms with Gasteiger partial charge in [-0.25, -0.2) is 12.8 Å². The van der Waals surface area contributed by atoms with E-state index in [1.807, 2.05) is 0 Å². The van der Waals surface area contributed by atoms with Gasteiger partial charge in [-0.1, -0.05) is 17.7 Å². The van der Waals surface area contributed by atoms with E-state index in [0.29, 0.717) is 6.42 Å². The number of nitrogens with one attached hydrogen (secondary N) is 1. The van der Waals surface area contributed by atoms with Crippen LogP contribution in [0, 0.1) is 5.82 Å². The fourth-order valence-corrected chi connectivity index (χ4v) is 3.95. The van der Waals surface area contributed by atoms with Crippen molar-refractivity contribution in [3.63, 3.8) is 0 Å². The molecule has 0 saturated carbocycles. The van der Waals surface area contributed by atoms with Crippen LogP contribution in [0.25, 0.3) is 0 Å². The second-order valence-corrected chi connectivity index (χ2v) is 7.18. The van der Waals surface area contributed by atoms with E-state index in [0.717, 1.165) is 0 Å². The quantitative estimate of drug-likeness (QED) is 0.916. The molecule has 0 aromatic heterocycles. The summed E-state index contributed by atoms with van der Waals surface area (Å²) in [5, 5.41) is 2.78. The Kier molecular flexibility index (Phi) is 4.10. The van der Waals surface area contributed by atoms with E-state index in [1.54, 1.807) is 0 Å². The summed E-state index contributed by atoms with van der Waals surface area (Å²) in [6, 6.07) is 3.81. The van der Waals surface area contributed by atoms with Gasteiger partial charge in [0.2, 0.25) is 5.91 Å². The summed E-state index contributed by atoms with van der Waals surface area (Å²) in [6.45, 7) is 0. The Balaban J connectivity index is 1.99. The Bertz CT molecular complexity index is 583. The lowest BCUT2D eigenvalue weighted by Gasteiger charge is -2.11. The van der Waals surface area contributed by atoms with Crippen molar-refractivity contribution in [3.05, 3.63) is 34.6 Å². The van der Waals surface area contributed by atoms with E-state index >= 15 is 0 Å². The van der Waals surface area contributed by atoms with E-state index < -0.39 is 21.6 Å². The van der Waals surface area contributed by atoms with Crippen LogP contribution in [0.3, 0.4) is 0 Å². The summed E-state index contributed by atoms with van der Waals surface area (Å²) in [5.41, 5.74) is 0.127. The van der Waals surface area contributed by atoms with Gasteiger partial charge in [-0.05, 0) is 18.6 Å². The minimum Gasteiger partial charge on any atom is -0.352 e. The second kappa shape index (κ2) is 5.46. The average molecular weight is 306 g/mol. The van der Waals surface area contributed by atoms with Crippen LogP contribution in [0.4, 0.5) is 4.39 Å². The molecular weight excluding hydrogens is 293 g/mol. The molecule has 104 valence electrons. The van der Waals surface area contributed by atoms with Gasteiger partial charge in [0.25, 0.3) is 0 Å². The highest BCUT2D eigenvalue weighted by Crippen LogP contribution is 2.19. The van der Waals surface area contributed by atoms with Gasteiger partial charge >= 0.3 is 0 Å². The van der Waals surface area contributed by atoms with Crippen LogP contribution in [0.2, 0.25) is 5.02 Å². The lowest BCUT2D eigenvalue weighted by Crippen LogP contribution is -2.36. The summed E-state index contributed by atoms with van der Waals surface area (Å²) >= 11 is 5.82. The average Bonchev–Trinajstić information content (AvgIpc) is 2.63. The molecule has 1 aliphatic rings. The molecular formula is C12H13ClFNO3S. The Morgan fingerprint density at radius 2 is 2.21 bits per heavy atom. The van der Waals surface area contributed by atoms with E-state index in [-0.39, 0.29) is 34.6 Å². The minimum absolute atomic E-state index is 0.0518. The van der Waals surface area contributed by atoms with Crippen LogP contribution in [-0.2, 0) is 21.1 Å². The van der Waals surface area contributed by atoms with Gasteiger partial charge in [-0.15, -0.1) is 0 Å². The van der Waals surface area contributed by atoms with Gasteiger partial charge in [0.1, 0.15) is 5.82 Å². The molecule has 1 aliphatic heterocycles. The fraction of sp³-hybridized carbons (Fsp3) is 0.417. The predicted octanol–water partition coefficient (Wildman–Crippen LogP) is 1.32. The van der Waals surface area contributed by atoms with Crippen molar-refractivity contribution in [2.24, 2.45) is 0 Å². The van der Waals surface area contributed by atoms with Gasteiger partial charge < -0.3 is 5.32 Å². The molecule has 0 bridgehead atoms. The van der Waals surface area contributed by atoms with Crippen LogP contribution in [0.1, 0.15) is 12.0 Å². The molecule has 1 atom stereocenters. The molecule has 19 heavy (non-hydrogen) atoms. The molecule has 1 N–H and O–H groups in total. The maximum atomic E-state index is 13.5. The number of benzene rings is 1. The lowest BCUT2D eigenvalue weighted by atomic mass is 10.1. The third kappa shape index (κ3) is 3.67. The topological polar surface area (TPSA) is 63.2 Å². The number of amides is 1. The molecule has 0 aliphatic carbocycles. The summed E-state index contributed by atoms with van der Waals surface area (Å²) in [5.74, 6) is -0.932. The highest BCUT2D eigenvalue weighted by atomic mass is 35.5. The van der Waals surface area contributed by atoms with Crippen LogP contribution >= 0.6 is 11.6 Å². The number of rotatable bonds is 3. The molecule has 0 spiro atoms. The van der Waals surface area contributed by atoms with Gasteiger partial charge in [0, 0.05) is 16.6 Å². The van der Waals surface area contributed by atoms with Crippen molar-refractivity contribution >= 4 is 27.3 Å². The Hall–Kier alpha value is -1.14. The van der Waals surface area contributed by atoms with Gasteiger partial charge in [-0.2, -0.15) is 0 Å². The lowest BCUT2D eigenvalue weighted by molar-refractivity contribution is -0.121. The third-order valence-corrected chi connectivity index (χ3v) is 5.12.